The number of hydrogen-bond acceptors (Lipinski definition) is 2. The van der Waals surface area contributed by atoms with E-state index in [1.54, 1.807) is 0 Å². The van der Waals surface area contributed by atoms with E-state index in [1.807, 2.05) is 0 Å². The van der Waals surface area contributed by atoms with E-state index in [9.17, 15) is 0 Å². The second kappa shape index (κ2) is 4.95. The van der Waals surface area contributed by atoms with E-state index < -0.39 is 0 Å². The van der Waals surface area contributed by atoms with Gasteiger partial charge in [-0.3, -0.25) is 0 Å². The molecule has 14 heavy (non-hydrogen) atoms. The summed E-state index contributed by atoms with van der Waals surface area (Å²) in [7, 11) is 0. The van der Waals surface area contributed by atoms with Crippen LogP contribution in [-0.4, -0.2) is 31.8 Å². The molecule has 0 aromatic heterocycles. The van der Waals surface area contributed by atoms with Gasteiger partial charge in [-0.2, -0.15) is 0 Å². The second-order valence-electron chi connectivity index (χ2n) is 4.75. The normalized spacial score (nSPS) is 33.2. The molecular formula is C11H19BrO2. The Balaban J connectivity index is 1.71. The predicted octanol–water partition coefficient (Wildman–Crippen LogP) is 2.60. The third kappa shape index (κ3) is 2.94. The highest BCUT2D eigenvalue weighted by Crippen LogP contribution is 2.33. The van der Waals surface area contributed by atoms with Crippen LogP contribution in [0.5, 0.6) is 0 Å². The third-order valence-electron chi connectivity index (χ3n) is 3.15. The molecule has 0 radical (unpaired) electrons. The molecule has 0 bridgehead atoms. The van der Waals surface area contributed by atoms with Crippen LogP contribution in [0.2, 0.25) is 0 Å². The average molecular weight is 263 g/mol. The molecule has 0 aromatic rings. The lowest BCUT2D eigenvalue weighted by molar-refractivity contribution is -0.0474. The van der Waals surface area contributed by atoms with Gasteiger partial charge in [-0.1, -0.05) is 15.9 Å². The molecule has 1 saturated heterocycles. The maximum absolute atomic E-state index is 5.78. The molecule has 0 spiro atoms. The molecule has 2 nitrogen and oxygen atoms in total. The van der Waals surface area contributed by atoms with Gasteiger partial charge < -0.3 is 9.47 Å². The van der Waals surface area contributed by atoms with Crippen LogP contribution in [0.3, 0.4) is 0 Å². The molecular weight excluding hydrogens is 244 g/mol. The fraction of sp³-hybridized carbons (Fsp3) is 1.00. The summed E-state index contributed by atoms with van der Waals surface area (Å²) in [5.74, 6) is 0.867. The fourth-order valence-electron chi connectivity index (χ4n) is 1.89. The van der Waals surface area contributed by atoms with Crippen molar-refractivity contribution in [2.24, 2.45) is 11.3 Å². The van der Waals surface area contributed by atoms with Crippen LogP contribution in [0.15, 0.2) is 0 Å². The summed E-state index contributed by atoms with van der Waals surface area (Å²) >= 11 is 3.59. The summed E-state index contributed by atoms with van der Waals surface area (Å²) in [6, 6.07) is 0. The molecule has 2 fully saturated rings. The lowest BCUT2D eigenvalue weighted by atomic mass is 9.86. The van der Waals surface area contributed by atoms with Crippen LogP contribution >= 0.6 is 15.9 Å². The Labute approximate surface area is 94.5 Å². The van der Waals surface area contributed by atoms with Gasteiger partial charge >= 0.3 is 0 Å². The van der Waals surface area contributed by atoms with Gasteiger partial charge in [0.2, 0.25) is 0 Å². The van der Waals surface area contributed by atoms with Gasteiger partial charge in [0.15, 0.2) is 0 Å². The molecule has 0 amide bonds. The monoisotopic (exact) mass is 262 g/mol. The lowest BCUT2D eigenvalue weighted by Gasteiger charge is -2.35. The minimum atomic E-state index is 0.257. The minimum Gasteiger partial charge on any atom is -0.381 e. The molecule has 1 saturated carbocycles. The van der Waals surface area contributed by atoms with Crippen molar-refractivity contribution in [2.75, 3.05) is 31.8 Å². The van der Waals surface area contributed by atoms with Gasteiger partial charge in [0, 0.05) is 24.0 Å². The third-order valence-corrected chi connectivity index (χ3v) is 4.34. The van der Waals surface area contributed by atoms with Crippen LogP contribution in [0.1, 0.15) is 25.7 Å². The minimum absolute atomic E-state index is 0.257. The molecule has 2 rings (SSSR count). The number of ether oxygens (including phenoxy) is 2. The number of hydrogen-bond donors (Lipinski definition) is 0. The Morgan fingerprint density at radius 2 is 2.29 bits per heavy atom. The zero-order chi connectivity index (χ0) is 9.86. The first-order chi connectivity index (χ1) is 6.85. The first kappa shape index (κ1) is 10.9. The standard InChI is InChI=1S/C11H19BrO2/c12-7-11(4-1-5-13-8-11)9-14-6-10-2-3-10/h10H,1-9H2. The highest BCUT2D eigenvalue weighted by Gasteiger charge is 2.33. The van der Waals surface area contributed by atoms with E-state index in [-0.39, 0.29) is 5.41 Å². The highest BCUT2D eigenvalue weighted by atomic mass is 79.9. The molecule has 82 valence electrons. The van der Waals surface area contributed by atoms with Crippen LogP contribution in [0.4, 0.5) is 0 Å². The van der Waals surface area contributed by atoms with Crippen molar-refractivity contribution < 1.29 is 9.47 Å². The summed E-state index contributed by atoms with van der Waals surface area (Å²) in [5, 5.41) is 1.00. The Bertz CT molecular complexity index is 174. The largest absolute Gasteiger partial charge is 0.381 e. The first-order valence-electron chi connectivity index (χ1n) is 5.56. The molecule has 2 aliphatic rings. The average Bonchev–Trinajstić information content (AvgIpc) is 3.03. The van der Waals surface area contributed by atoms with Crippen LogP contribution in [-0.2, 0) is 9.47 Å². The zero-order valence-electron chi connectivity index (χ0n) is 8.64. The zero-order valence-corrected chi connectivity index (χ0v) is 10.2. The molecule has 1 aliphatic carbocycles. The van der Waals surface area contributed by atoms with Gasteiger partial charge in [0.1, 0.15) is 0 Å². The number of alkyl halides is 1. The number of rotatable bonds is 5. The van der Waals surface area contributed by atoms with Gasteiger partial charge in [0.05, 0.1) is 13.2 Å². The van der Waals surface area contributed by atoms with Crippen molar-refractivity contribution >= 4 is 15.9 Å². The van der Waals surface area contributed by atoms with Gasteiger partial charge in [-0.15, -0.1) is 0 Å². The van der Waals surface area contributed by atoms with E-state index in [1.165, 1.54) is 25.7 Å². The van der Waals surface area contributed by atoms with Crippen molar-refractivity contribution in [2.45, 2.75) is 25.7 Å². The smallest absolute Gasteiger partial charge is 0.0552 e. The van der Waals surface area contributed by atoms with E-state index in [0.29, 0.717) is 0 Å². The summed E-state index contributed by atoms with van der Waals surface area (Å²) in [6.45, 7) is 3.63. The Hall–Kier alpha value is 0.400. The second-order valence-corrected chi connectivity index (χ2v) is 5.31. The van der Waals surface area contributed by atoms with Crippen molar-refractivity contribution in [3.8, 4) is 0 Å². The summed E-state index contributed by atoms with van der Waals surface area (Å²) in [5.41, 5.74) is 0.257. The lowest BCUT2D eigenvalue weighted by Crippen LogP contribution is -2.38. The predicted molar refractivity (Wildman–Crippen MR) is 59.8 cm³/mol. The quantitative estimate of drug-likeness (QED) is 0.710. The maximum Gasteiger partial charge on any atom is 0.0552 e. The molecule has 1 unspecified atom stereocenters. The Kier molecular flexibility index (Phi) is 3.86. The first-order valence-corrected chi connectivity index (χ1v) is 6.68. The highest BCUT2D eigenvalue weighted by molar-refractivity contribution is 9.09. The van der Waals surface area contributed by atoms with Crippen LogP contribution in [0, 0.1) is 11.3 Å². The topological polar surface area (TPSA) is 18.5 Å². The van der Waals surface area contributed by atoms with Crippen molar-refractivity contribution in [1.29, 1.82) is 0 Å². The van der Waals surface area contributed by atoms with E-state index in [4.69, 9.17) is 9.47 Å². The van der Waals surface area contributed by atoms with Crippen molar-refractivity contribution in [3.05, 3.63) is 0 Å². The van der Waals surface area contributed by atoms with E-state index >= 15 is 0 Å². The summed E-state index contributed by atoms with van der Waals surface area (Å²) in [4.78, 5) is 0. The van der Waals surface area contributed by atoms with Crippen molar-refractivity contribution in [3.63, 3.8) is 0 Å². The summed E-state index contributed by atoms with van der Waals surface area (Å²) in [6.07, 6.45) is 5.16. The Morgan fingerprint density at radius 1 is 1.43 bits per heavy atom. The molecule has 1 heterocycles. The fourth-order valence-corrected chi connectivity index (χ4v) is 2.50. The van der Waals surface area contributed by atoms with E-state index in [2.05, 4.69) is 15.9 Å². The summed E-state index contributed by atoms with van der Waals surface area (Å²) < 4.78 is 11.3. The Morgan fingerprint density at radius 3 is 2.86 bits per heavy atom. The van der Waals surface area contributed by atoms with Crippen LogP contribution in [0.25, 0.3) is 0 Å². The molecule has 1 atom stereocenters. The number of halogens is 1. The molecule has 0 N–H and O–H groups in total. The molecule has 0 aromatic carbocycles. The van der Waals surface area contributed by atoms with Gasteiger partial charge in [-0.25, -0.2) is 0 Å². The van der Waals surface area contributed by atoms with Crippen molar-refractivity contribution in [1.82, 2.24) is 0 Å². The molecule has 3 heteroatoms. The van der Waals surface area contributed by atoms with Gasteiger partial charge in [-0.05, 0) is 31.6 Å². The van der Waals surface area contributed by atoms with Gasteiger partial charge in [0.25, 0.3) is 0 Å². The SMILES string of the molecule is BrCC1(COCC2CC2)CCCOC1. The van der Waals surface area contributed by atoms with E-state index in [0.717, 1.165) is 37.7 Å². The molecule has 1 aliphatic heterocycles. The maximum atomic E-state index is 5.78. The van der Waals surface area contributed by atoms with Crippen LogP contribution < -0.4 is 0 Å².